The third kappa shape index (κ3) is 1.58. The molecule has 0 radical (unpaired) electrons. The summed E-state index contributed by atoms with van der Waals surface area (Å²) in [4.78, 5) is 0. The van der Waals surface area contributed by atoms with Crippen molar-refractivity contribution in [2.24, 2.45) is 7.05 Å². The van der Waals surface area contributed by atoms with Crippen molar-refractivity contribution in [1.29, 1.82) is 0 Å². The van der Waals surface area contributed by atoms with Gasteiger partial charge >= 0.3 is 0 Å². The zero-order valence-electron chi connectivity index (χ0n) is 7.85. The van der Waals surface area contributed by atoms with E-state index >= 15 is 0 Å². The van der Waals surface area contributed by atoms with Crippen LogP contribution < -0.4 is 0 Å². The highest BCUT2D eigenvalue weighted by Crippen LogP contribution is 2.31. The van der Waals surface area contributed by atoms with Crippen molar-refractivity contribution in [2.45, 2.75) is 37.7 Å². The maximum absolute atomic E-state index is 9.80. The Hall–Kier alpha value is -0.900. The molecule has 0 saturated heterocycles. The molecular weight excluding hydrogens is 166 g/mol. The fourth-order valence-corrected chi connectivity index (χ4v) is 2.09. The van der Waals surface area contributed by atoms with Crippen LogP contribution in [0.1, 0.15) is 37.3 Å². The monoisotopic (exact) mass is 181 g/mol. The fraction of sp³-hybridized carbons (Fsp3) is 0.778. The predicted octanol–water partition coefficient (Wildman–Crippen LogP) is 0.834. The van der Waals surface area contributed by atoms with Crippen LogP contribution in [0.15, 0.2) is 6.20 Å². The van der Waals surface area contributed by atoms with Crippen molar-refractivity contribution >= 4 is 0 Å². The summed E-state index contributed by atoms with van der Waals surface area (Å²) in [6, 6.07) is 0. The summed E-state index contributed by atoms with van der Waals surface area (Å²) in [5, 5.41) is 17.5. The lowest BCUT2D eigenvalue weighted by molar-refractivity contribution is 0.103. The Morgan fingerprint density at radius 2 is 2.23 bits per heavy atom. The molecule has 1 aromatic heterocycles. The standard InChI is InChI=1S/C9H15N3O/c1-12-8(6-10-11-12)7-4-2-3-5-9(7)13/h6-7,9,13H,2-5H2,1H3/t7-,9+/m0/s1. The third-order valence-corrected chi connectivity index (χ3v) is 2.86. The minimum absolute atomic E-state index is 0.203. The Labute approximate surface area is 77.6 Å². The average molecular weight is 181 g/mol. The van der Waals surface area contributed by atoms with E-state index in [1.807, 2.05) is 7.05 Å². The molecule has 2 atom stereocenters. The minimum Gasteiger partial charge on any atom is -0.392 e. The number of hydrogen-bond donors (Lipinski definition) is 1. The van der Waals surface area contributed by atoms with Gasteiger partial charge in [0.25, 0.3) is 0 Å². The van der Waals surface area contributed by atoms with Crippen LogP contribution in [0.25, 0.3) is 0 Å². The number of aliphatic hydroxyl groups excluding tert-OH is 1. The molecule has 13 heavy (non-hydrogen) atoms. The van der Waals surface area contributed by atoms with Crippen LogP contribution in [0.5, 0.6) is 0 Å². The second kappa shape index (κ2) is 3.46. The van der Waals surface area contributed by atoms with Gasteiger partial charge in [-0.15, -0.1) is 5.10 Å². The number of nitrogens with zero attached hydrogens (tertiary/aromatic N) is 3. The maximum atomic E-state index is 9.80. The molecule has 1 heterocycles. The normalized spacial score (nSPS) is 29.1. The van der Waals surface area contributed by atoms with Crippen LogP contribution in [-0.4, -0.2) is 26.2 Å². The molecule has 1 saturated carbocycles. The van der Waals surface area contributed by atoms with Crippen LogP contribution in [0, 0.1) is 0 Å². The Balaban J connectivity index is 2.19. The van der Waals surface area contributed by atoms with E-state index < -0.39 is 0 Å². The summed E-state index contributed by atoms with van der Waals surface area (Å²) in [5.41, 5.74) is 1.06. The van der Waals surface area contributed by atoms with Crippen molar-refractivity contribution in [1.82, 2.24) is 15.0 Å². The molecule has 0 aliphatic heterocycles. The summed E-state index contributed by atoms with van der Waals surface area (Å²) >= 11 is 0. The molecule has 2 rings (SSSR count). The van der Waals surface area contributed by atoms with Gasteiger partial charge in [0.15, 0.2) is 0 Å². The van der Waals surface area contributed by atoms with Gasteiger partial charge in [-0.2, -0.15) is 0 Å². The van der Waals surface area contributed by atoms with E-state index in [2.05, 4.69) is 10.3 Å². The van der Waals surface area contributed by atoms with E-state index in [1.165, 1.54) is 6.42 Å². The topological polar surface area (TPSA) is 50.9 Å². The maximum Gasteiger partial charge on any atom is 0.0728 e. The van der Waals surface area contributed by atoms with Crippen LogP contribution in [-0.2, 0) is 7.05 Å². The Morgan fingerprint density at radius 3 is 2.85 bits per heavy atom. The van der Waals surface area contributed by atoms with Gasteiger partial charge in [0.2, 0.25) is 0 Å². The first-order chi connectivity index (χ1) is 6.29. The van der Waals surface area contributed by atoms with E-state index in [9.17, 15) is 5.11 Å². The van der Waals surface area contributed by atoms with Gasteiger partial charge in [0.05, 0.1) is 18.0 Å². The van der Waals surface area contributed by atoms with Gasteiger partial charge in [-0.05, 0) is 12.8 Å². The largest absolute Gasteiger partial charge is 0.392 e. The number of rotatable bonds is 1. The molecule has 0 spiro atoms. The van der Waals surface area contributed by atoms with E-state index in [0.29, 0.717) is 0 Å². The summed E-state index contributed by atoms with van der Waals surface area (Å²) in [5.74, 6) is 0.244. The number of aromatic nitrogens is 3. The number of aliphatic hydroxyl groups is 1. The van der Waals surface area contributed by atoms with Crippen molar-refractivity contribution in [3.05, 3.63) is 11.9 Å². The molecule has 1 aliphatic rings. The van der Waals surface area contributed by atoms with E-state index in [-0.39, 0.29) is 12.0 Å². The lowest BCUT2D eigenvalue weighted by Crippen LogP contribution is -2.24. The van der Waals surface area contributed by atoms with E-state index in [1.54, 1.807) is 10.9 Å². The van der Waals surface area contributed by atoms with Crippen molar-refractivity contribution in [3.63, 3.8) is 0 Å². The summed E-state index contributed by atoms with van der Waals surface area (Å²) in [6.07, 6.45) is 5.87. The zero-order valence-corrected chi connectivity index (χ0v) is 7.85. The lowest BCUT2D eigenvalue weighted by atomic mass is 9.84. The number of hydrogen-bond acceptors (Lipinski definition) is 3. The Morgan fingerprint density at radius 1 is 1.46 bits per heavy atom. The molecule has 4 nitrogen and oxygen atoms in total. The van der Waals surface area contributed by atoms with Crippen LogP contribution in [0.3, 0.4) is 0 Å². The molecule has 0 amide bonds. The van der Waals surface area contributed by atoms with Gasteiger partial charge in [-0.25, -0.2) is 0 Å². The van der Waals surface area contributed by atoms with Gasteiger partial charge in [-0.3, -0.25) is 4.68 Å². The first kappa shape index (κ1) is 8.69. The lowest BCUT2D eigenvalue weighted by Gasteiger charge is -2.26. The molecule has 0 aromatic carbocycles. The van der Waals surface area contributed by atoms with Crippen molar-refractivity contribution in [2.75, 3.05) is 0 Å². The second-order valence-corrected chi connectivity index (χ2v) is 3.74. The quantitative estimate of drug-likeness (QED) is 0.698. The molecule has 0 unspecified atom stereocenters. The van der Waals surface area contributed by atoms with Gasteiger partial charge in [0.1, 0.15) is 0 Å². The minimum atomic E-state index is -0.203. The summed E-state index contributed by atoms with van der Waals surface area (Å²) in [6.45, 7) is 0. The smallest absolute Gasteiger partial charge is 0.0728 e. The highest BCUT2D eigenvalue weighted by atomic mass is 16.3. The highest BCUT2D eigenvalue weighted by Gasteiger charge is 2.26. The molecular formula is C9H15N3O. The summed E-state index contributed by atoms with van der Waals surface area (Å²) in [7, 11) is 1.88. The average Bonchev–Trinajstić information content (AvgIpc) is 2.52. The van der Waals surface area contributed by atoms with Crippen LogP contribution in [0.2, 0.25) is 0 Å². The van der Waals surface area contributed by atoms with E-state index in [0.717, 1.165) is 25.0 Å². The van der Waals surface area contributed by atoms with Crippen molar-refractivity contribution in [3.8, 4) is 0 Å². The Kier molecular flexibility index (Phi) is 2.31. The molecule has 1 fully saturated rings. The van der Waals surface area contributed by atoms with Gasteiger partial charge in [0, 0.05) is 13.0 Å². The van der Waals surface area contributed by atoms with Crippen molar-refractivity contribution < 1.29 is 5.11 Å². The van der Waals surface area contributed by atoms with Gasteiger partial charge < -0.3 is 5.11 Å². The SMILES string of the molecule is Cn1nncc1[C@@H]1CCCC[C@H]1O. The molecule has 1 aromatic rings. The highest BCUT2D eigenvalue weighted by molar-refractivity contribution is 5.06. The number of aryl methyl sites for hydroxylation is 1. The first-order valence-electron chi connectivity index (χ1n) is 4.81. The van der Waals surface area contributed by atoms with Crippen LogP contribution >= 0.6 is 0 Å². The Bertz CT molecular complexity index is 284. The van der Waals surface area contributed by atoms with E-state index in [4.69, 9.17) is 0 Å². The van der Waals surface area contributed by atoms with Gasteiger partial charge in [-0.1, -0.05) is 18.1 Å². The molecule has 1 N–H and O–H groups in total. The first-order valence-corrected chi connectivity index (χ1v) is 4.81. The predicted molar refractivity (Wildman–Crippen MR) is 48.2 cm³/mol. The summed E-state index contributed by atoms with van der Waals surface area (Å²) < 4.78 is 1.76. The molecule has 0 bridgehead atoms. The molecule has 72 valence electrons. The molecule has 4 heteroatoms. The second-order valence-electron chi connectivity index (χ2n) is 3.74. The third-order valence-electron chi connectivity index (χ3n) is 2.86. The van der Waals surface area contributed by atoms with Crippen LogP contribution in [0.4, 0.5) is 0 Å². The fourth-order valence-electron chi connectivity index (χ4n) is 2.09. The zero-order chi connectivity index (χ0) is 9.26. The molecule has 1 aliphatic carbocycles.